The van der Waals surface area contributed by atoms with Crippen LogP contribution in [0.1, 0.15) is 48.5 Å². The lowest BCUT2D eigenvalue weighted by Crippen LogP contribution is -2.04. The maximum absolute atomic E-state index is 9.15. The van der Waals surface area contributed by atoms with Crippen molar-refractivity contribution < 1.29 is 0 Å². The van der Waals surface area contributed by atoms with E-state index in [1.807, 2.05) is 6.26 Å². The first-order valence-corrected chi connectivity index (χ1v) is 7.30. The lowest BCUT2D eigenvalue weighted by atomic mass is 9.87. The van der Waals surface area contributed by atoms with E-state index in [2.05, 4.69) is 10.4 Å². The van der Waals surface area contributed by atoms with Gasteiger partial charge in [0.1, 0.15) is 16.7 Å². The molecule has 2 nitrogen and oxygen atoms in total. The van der Waals surface area contributed by atoms with E-state index in [0.717, 1.165) is 10.6 Å². The fourth-order valence-electron chi connectivity index (χ4n) is 2.17. The molecule has 0 N–H and O–H groups in total. The van der Waals surface area contributed by atoms with Crippen LogP contribution in [-0.4, -0.2) is 10.6 Å². The van der Waals surface area contributed by atoms with Gasteiger partial charge in [-0.2, -0.15) is 9.64 Å². The zero-order chi connectivity index (χ0) is 10.7. The van der Waals surface area contributed by atoms with Crippen molar-refractivity contribution in [1.29, 1.82) is 5.26 Å². The average molecular weight is 238 g/mol. The van der Waals surface area contributed by atoms with Crippen LogP contribution < -0.4 is 0 Å². The van der Waals surface area contributed by atoms with E-state index in [4.69, 9.17) is 5.26 Å². The molecule has 2 rings (SSSR count). The molecule has 0 unspecified atom stereocenters. The second-order valence-corrected chi connectivity index (χ2v) is 5.48. The van der Waals surface area contributed by atoms with Crippen LogP contribution >= 0.6 is 23.3 Å². The molecule has 1 fully saturated rings. The Bertz CT molecular complexity index is 372. The van der Waals surface area contributed by atoms with Crippen LogP contribution in [0.5, 0.6) is 0 Å². The Morgan fingerprint density at radius 2 is 2.13 bits per heavy atom. The molecule has 1 saturated carbocycles. The van der Waals surface area contributed by atoms with E-state index in [9.17, 15) is 0 Å². The third-order valence-electron chi connectivity index (χ3n) is 2.97. The molecule has 1 aliphatic rings. The number of hydrogen-bond donors (Lipinski definition) is 0. The van der Waals surface area contributed by atoms with Crippen LogP contribution in [0.15, 0.2) is 5.03 Å². The molecule has 1 heterocycles. The van der Waals surface area contributed by atoms with Gasteiger partial charge < -0.3 is 0 Å². The Morgan fingerprint density at radius 1 is 1.40 bits per heavy atom. The number of thioether (sulfide) groups is 1. The van der Waals surface area contributed by atoms with Crippen LogP contribution in [0.2, 0.25) is 0 Å². The summed E-state index contributed by atoms with van der Waals surface area (Å²) >= 11 is 3.12. The Kier molecular flexibility index (Phi) is 3.66. The summed E-state index contributed by atoms with van der Waals surface area (Å²) in [5.41, 5.74) is 0.847. The summed E-state index contributed by atoms with van der Waals surface area (Å²) in [5.74, 6) is 0.604. The summed E-state index contributed by atoms with van der Waals surface area (Å²) < 4.78 is 4.36. The highest BCUT2D eigenvalue weighted by atomic mass is 32.2. The minimum atomic E-state index is 0.604. The maximum Gasteiger partial charge on any atom is 0.128 e. The van der Waals surface area contributed by atoms with Crippen LogP contribution in [-0.2, 0) is 0 Å². The van der Waals surface area contributed by atoms with Gasteiger partial charge in [-0.3, -0.25) is 0 Å². The molecule has 0 radical (unpaired) electrons. The number of hydrogen-bond acceptors (Lipinski definition) is 4. The van der Waals surface area contributed by atoms with E-state index in [1.165, 1.54) is 48.5 Å². The fourth-order valence-corrected chi connectivity index (χ4v) is 3.90. The van der Waals surface area contributed by atoms with E-state index in [0.29, 0.717) is 5.92 Å². The third kappa shape index (κ3) is 2.19. The lowest BCUT2D eigenvalue weighted by molar-refractivity contribution is 0.447. The zero-order valence-electron chi connectivity index (χ0n) is 8.82. The van der Waals surface area contributed by atoms with Gasteiger partial charge in [0.05, 0.1) is 0 Å². The first-order chi connectivity index (χ1) is 7.36. The quantitative estimate of drug-likeness (QED) is 0.736. The lowest BCUT2D eigenvalue weighted by Gasteiger charge is -2.20. The van der Waals surface area contributed by atoms with Gasteiger partial charge in [-0.05, 0) is 36.5 Å². The summed E-state index contributed by atoms with van der Waals surface area (Å²) in [4.78, 5) is 1.24. The normalized spacial score (nSPS) is 17.6. The van der Waals surface area contributed by atoms with Gasteiger partial charge in [-0.25, -0.2) is 0 Å². The molecule has 15 heavy (non-hydrogen) atoms. The fraction of sp³-hybridized carbons (Fsp3) is 0.636. The van der Waals surface area contributed by atoms with Gasteiger partial charge in [0, 0.05) is 4.88 Å². The highest BCUT2D eigenvalue weighted by Crippen LogP contribution is 2.39. The molecule has 0 aliphatic heterocycles. The average Bonchev–Trinajstić information content (AvgIpc) is 2.72. The van der Waals surface area contributed by atoms with Crippen molar-refractivity contribution in [3.8, 4) is 6.07 Å². The van der Waals surface area contributed by atoms with Crippen molar-refractivity contribution >= 4 is 23.3 Å². The van der Waals surface area contributed by atoms with E-state index in [1.54, 1.807) is 11.8 Å². The van der Waals surface area contributed by atoms with Crippen molar-refractivity contribution in [1.82, 2.24) is 4.37 Å². The van der Waals surface area contributed by atoms with Gasteiger partial charge in [-0.1, -0.05) is 19.3 Å². The van der Waals surface area contributed by atoms with E-state index >= 15 is 0 Å². The summed E-state index contributed by atoms with van der Waals surface area (Å²) in [7, 11) is 0. The van der Waals surface area contributed by atoms with Gasteiger partial charge in [0.15, 0.2) is 0 Å². The molecule has 0 spiro atoms. The summed E-state index contributed by atoms with van der Waals surface area (Å²) in [6.07, 6.45) is 8.44. The minimum Gasteiger partial charge on any atom is -0.192 e. The molecule has 0 saturated heterocycles. The molecule has 80 valence electrons. The van der Waals surface area contributed by atoms with Crippen LogP contribution in [0, 0.1) is 11.3 Å². The Labute approximate surface area is 98.9 Å². The predicted molar refractivity (Wildman–Crippen MR) is 64.4 cm³/mol. The SMILES string of the molecule is CSc1nsc(C2CCCCC2)c1C#N. The van der Waals surface area contributed by atoms with Crippen LogP contribution in [0.3, 0.4) is 0 Å². The monoisotopic (exact) mass is 238 g/mol. The number of nitriles is 1. The van der Waals surface area contributed by atoms with Gasteiger partial charge in [-0.15, -0.1) is 11.8 Å². The van der Waals surface area contributed by atoms with Crippen molar-refractivity contribution in [2.24, 2.45) is 0 Å². The topological polar surface area (TPSA) is 36.7 Å². The third-order valence-corrected chi connectivity index (χ3v) is 4.77. The van der Waals surface area contributed by atoms with E-state index < -0.39 is 0 Å². The molecule has 1 aromatic rings. The predicted octanol–water partition coefficient (Wildman–Crippen LogP) is 3.78. The maximum atomic E-state index is 9.15. The first kappa shape index (κ1) is 11.0. The summed E-state index contributed by atoms with van der Waals surface area (Å²) in [6.45, 7) is 0. The van der Waals surface area contributed by atoms with Crippen LogP contribution in [0.4, 0.5) is 0 Å². The van der Waals surface area contributed by atoms with Gasteiger partial charge in [0.25, 0.3) is 0 Å². The van der Waals surface area contributed by atoms with E-state index in [-0.39, 0.29) is 0 Å². The molecule has 1 aromatic heterocycles. The summed E-state index contributed by atoms with van der Waals surface area (Å²) in [6, 6.07) is 2.32. The molecular formula is C11H14N2S2. The Morgan fingerprint density at radius 3 is 2.73 bits per heavy atom. The molecule has 0 amide bonds. The van der Waals surface area contributed by atoms with Gasteiger partial charge >= 0.3 is 0 Å². The standard InChI is InChI=1S/C11H14N2S2/c1-14-11-9(7-12)10(15-13-11)8-5-3-2-4-6-8/h8H,2-6H2,1H3. The van der Waals surface area contributed by atoms with Crippen molar-refractivity contribution in [2.45, 2.75) is 43.0 Å². The van der Waals surface area contributed by atoms with Crippen molar-refractivity contribution in [3.05, 3.63) is 10.4 Å². The second kappa shape index (κ2) is 5.00. The number of nitrogens with zero attached hydrogens (tertiary/aromatic N) is 2. The van der Waals surface area contributed by atoms with Crippen molar-refractivity contribution in [3.63, 3.8) is 0 Å². The molecule has 0 aromatic carbocycles. The number of rotatable bonds is 2. The van der Waals surface area contributed by atoms with Crippen molar-refractivity contribution in [2.75, 3.05) is 6.26 Å². The molecule has 4 heteroatoms. The largest absolute Gasteiger partial charge is 0.192 e. The molecular weight excluding hydrogens is 224 g/mol. The smallest absolute Gasteiger partial charge is 0.128 e. The van der Waals surface area contributed by atoms with Crippen LogP contribution in [0.25, 0.3) is 0 Å². The second-order valence-electron chi connectivity index (χ2n) is 3.88. The molecule has 0 bridgehead atoms. The zero-order valence-corrected chi connectivity index (χ0v) is 10.5. The highest BCUT2D eigenvalue weighted by Gasteiger charge is 2.23. The highest BCUT2D eigenvalue weighted by molar-refractivity contribution is 7.98. The molecule has 1 aliphatic carbocycles. The summed E-state index contributed by atoms with van der Waals surface area (Å²) in [5, 5.41) is 10.1. The minimum absolute atomic E-state index is 0.604. The first-order valence-electron chi connectivity index (χ1n) is 5.30. The Balaban J connectivity index is 2.27. The Hall–Kier alpha value is -0.530. The van der Waals surface area contributed by atoms with Gasteiger partial charge in [0.2, 0.25) is 0 Å². The number of aromatic nitrogens is 1. The molecule has 0 atom stereocenters.